The molecule has 1 fully saturated rings. The number of amides is 3. The third kappa shape index (κ3) is 3.01. The highest BCUT2D eigenvalue weighted by Gasteiger charge is 2.42. The Labute approximate surface area is 132 Å². The van der Waals surface area contributed by atoms with E-state index in [2.05, 4.69) is 10.6 Å². The molecule has 0 spiro atoms. The first-order valence-corrected chi connectivity index (χ1v) is 7.09. The first-order chi connectivity index (χ1) is 11.0. The molecule has 1 aliphatic rings. The number of carbonyl (C=O) groups is 2. The summed E-state index contributed by atoms with van der Waals surface area (Å²) < 4.78 is 19.7. The number of hydrogen-bond acceptors (Lipinski definition) is 3. The predicted molar refractivity (Wildman–Crippen MR) is 82.4 cm³/mol. The molecule has 2 aromatic rings. The van der Waals surface area contributed by atoms with Gasteiger partial charge in [0.25, 0.3) is 5.91 Å². The minimum absolute atomic E-state index is 0.0886. The Kier molecular flexibility index (Phi) is 3.73. The van der Waals surface area contributed by atoms with Crippen LogP contribution in [0, 0.1) is 5.82 Å². The smallest absolute Gasteiger partial charge is 0.322 e. The van der Waals surface area contributed by atoms with Crippen LogP contribution in [0.2, 0.25) is 0 Å². The van der Waals surface area contributed by atoms with Crippen molar-refractivity contribution in [2.75, 3.05) is 6.61 Å². The molecule has 1 saturated heterocycles. The first-order valence-electron chi connectivity index (χ1n) is 7.09. The van der Waals surface area contributed by atoms with E-state index in [-0.39, 0.29) is 12.4 Å². The van der Waals surface area contributed by atoms with Crippen molar-refractivity contribution in [1.29, 1.82) is 0 Å². The van der Waals surface area contributed by atoms with Crippen LogP contribution in [0.5, 0.6) is 5.75 Å². The molecule has 118 valence electrons. The summed E-state index contributed by atoms with van der Waals surface area (Å²) in [5.74, 6) is -0.597. The molecule has 1 aliphatic heterocycles. The van der Waals surface area contributed by atoms with Crippen molar-refractivity contribution in [2.45, 2.75) is 12.5 Å². The van der Waals surface area contributed by atoms with Gasteiger partial charge in [0, 0.05) is 11.6 Å². The van der Waals surface area contributed by atoms with E-state index in [0.29, 0.717) is 5.56 Å². The van der Waals surface area contributed by atoms with Crippen molar-refractivity contribution in [1.82, 2.24) is 10.6 Å². The second-order valence-corrected chi connectivity index (χ2v) is 5.54. The number of nitrogens with one attached hydrogen (secondary N) is 2. The van der Waals surface area contributed by atoms with Crippen LogP contribution in [0.4, 0.5) is 9.18 Å². The van der Waals surface area contributed by atoms with Crippen molar-refractivity contribution in [2.24, 2.45) is 0 Å². The highest BCUT2D eigenvalue weighted by Crippen LogP contribution is 2.26. The van der Waals surface area contributed by atoms with E-state index in [4.69, 9.17) is 4.74 Å². The number of hydrogen-bond donors (Lipinski definition) is 2. The number of benzene rings is 2. The van der Waals surface area contributed by atoms with Gasteiger partial charge in [0.2, 0.25) is 0 Å². The summed E-state index contributed by atoms with van der Waals surface area (Å²) in [5.41, 5.74) is 0.0769. The Balaban J connectivity index is 1.74. The molecule has 5 nitrogen and oxygen atoms in total. The van der Waals surface area contributed by atoms with Crippen LogP contribution < -0.4 is 15.4 Å². The molecule has 0 saturated carbocycles. The monoisotopic (exact) mass is 314 g/mol. The maximum atomic E-state index is 14.2. The van der Waals surface area contributed by atoms with Gasteiger partial charge in [-0.15, -0.1) is 0 Å². The minimum atomic E-state index is -1.16. The molecule has 0 aromatic heterocycles. The molecular weight excluding hydrogens is 299 g/mol. The van der Waals surface area contributed by atoms with E-state index in [1.807, 2.05) is 30.3 Å². The molecule has 23 heavy (non-hydrogen) atoms. The van der Waals surface area contributed by atoms with Crippen LogP contribution in [0.25, 0.3) is 11.1 Å². The van der Waals surface area contributed by atoms with Gasteiger partial charge in [-0.3, -0.25) is 10.1 Å². The molecule has 3 rings (SSSR count). The summed E-state index contributed by atoms with van der Waals surface area (Å²) in [6.45, 7) is 1.45. The van der Waals surface area contributed by atoms with Gasteiger partial charge in [-0.1, -0.05) is 30.3 Å². The van der Waals surface area contributed by atoms with Gasteiger partial charge in [-0.2, -0.15) is 0 Å². The zero-order valence-electron chi connectivity index (χ0n) is 12.4. The summed E-state index contributed by atoms with van der Waals surface area (Å²) in [6, 6.07) is 13.1. The largest absolute Gasteiger partial charge is 0.490 e. The fourth-order valence-electron chi connectivity index (χ4n) is 2.35. The van der Waals surface area contributed by atoms with Crippen LogP contribution in [0.1, 0.15) is 6.92 Å². The van der Waals surface area contributed by atoms with E-state index in [9.17, 15) is 14.0 Å². The number of rotatable bonds is 4. The summed E-state index contributed by atoms with van der Waals surface area (Å²) >= 11 is 0. The number of carbonyl (C=O) groups excluding carboxylic acids is 2. The second kappa shape index (κ2) is 5.72. The number of ether oxygens (including phenoxy) is 1. The molecule has 0 bridgehead atoms. The Morgan fingerprint density at radius 2 is 1.87 bits per heavy atom. The van der Waals surface area contributed by atoms with Crippen molar-refractivity contribution in [3.8, 4) is 16.9 Å². The Bertz CT molecular complexity index is 764. The van der Waals surface area contributed by atoms with Gasteiger partial charge in [-0.05, 0) is 24.6 Å². The van der Waals surface area contributed by atoms with Gasteiger partial charge < -0.3 is 10.1 Å². The molecule has 1 unspecified atom stereocenters. The first kappa shape index (κ1) is 15.0. The van der Waals surface area contributed by atoms with Crippen molar-refractivity contribution in [3.63, 3.8) is 0 Å². The lowest BCUT2D eigenvalue weighted by Gasteiger charge is -2.21. The summed E-state index contributed by atoms with van der Waals surface area (Å²) in [5, 5.41) is 4.63. The molecular formula is C17H15FN2O3. The SMILES string of the molecule is CC1(COc2ccc(-c3ccccc3)c(F)c2)NC(=O)NC1=O. The van der Waals surface area contributed by atoms with E-state index < -0.39 is 23.3 Å². The molecule has 1 heterocycles. The van der Waals surface area contributed by atoms with Crippen LogP contribution >= 0.6 is 0 Å². The average molecular weight is 314 g/mol. The van der Waals surface area contributed by atoms with Gasteiger partial charge in [0.15, 0.2) is 5.54 Å². The van der Waals surface area contributed by atoms with Crippen LogP contribution in [-0.4, -0.2) is 24.1 Å². The number of halogens is 1. The van der Waals surface area contributed by atoms with E-state index in [1.54, 1.807) is 19.1 Å². The predicted octanol–water partition coefficient (Wildman–Crippen LogP) is 2.47. The summed E-state index contributed by atoms with van der Waals surface area (Å²) in [6.07, 6.45) is 0. The van der Waals surface area contributed by atoms with Crippen molar-refractivity contribution >= 4 is 11.9 Å². The molecule has 2 aromatic carbocycles. The third-order valence-electron chi connectivity index (χ3n) is 3.67. The lowest BCUT2D eigenvalue weighted by atomic mass is 10.0. The maximum absolute atomic E-state index is 14.2. The summed E-state index contributed by atoms with van der Waals surface area (Å²) in [4.78, 5) is 22.9. The van der Waals surface area contributed by atoms with Crippen molar-refractivity contribution < 1.29 is 18.7 Å². The van der Waals surface area contributed by atoms with E-state index in [1.165, 1.54) is 6.07 Å². The molecule has 0 aliphatic carbocycles. The van der Waals surface area contributed by atoms with Crippen LogP contribution in [0.3, 0.4) is 0 Å². The molecule has 1 atom stereocenters. The fourth-order valence-corrected chi connectivity index (χ4v) is 2.35. The van der Waals surface area contributed by atoms with E-state index >= 15 is 0 Å². The summed E-state index contributed by atoms with van der Waals surface area (Å²) in [7, 11) is 0. The third-order valence-corrected chi connectivity index (χ3v) is 3.67. The lowest BCUT2D eigenvalue weighted by molar-refractivity contribution is -0.124. The molecule has 2 N–H and O–H groups in total. The van der Waals surface area contributed by atoms with Crippen LogP contribution in [-0.2, 0) is 4.79 Å². The highest BCUT2D eigenvalue weighted by molar-refractivity contribution is 6.06. The quantitative estimate of drug-likeness (QED) is 0.852. The molecule has 0 radical (unpaired) electrons. The van der Waals surface area contributed by atoms with Crippen molar-refractivity contribution in [3.05, 3.63) is 54.3 Å². The lowest BCUT2D eigenvalue weighted by Crippen LogP contribution is -2.48. The Morgan fingerprint density at radius 1 is 1.13 bits per heavy atom. The number of urea groups is 1. The fraction of sp³-hybridized carbons (Fsp3) is 0.176. The number of imide groups is 1. The van der Waals surface area contributed by atoms with Crippen LogP contribution in [0.15, 0.2) is 48.5 Å². The average Bonchev–Trinajstić information content (AvgIpc) is 2.79. The molecule has 3 amide bonds. The standard InChI is InChI=1S/C17H15FN2O3/c1-17(15(21)19-16(22)20-17)10-23-12-7-8-13(14(18)9-12)11-5-3-2-4-6-11/h2-9H,10H2,1H3,(H2,19,20,21,22). The zero-order valence-corrected chi connectivity index (χ0v) is 12.4. The van der Waals surface area contributed by atoms with Gasteiger partial charge in [0.05, 0.1) is 0 Å². The molecule has 6 heteroatoms. The Morgan fingerprint density at radius 3 is 2.48 bits per heavy atom. The minimum Gasteiger partial charge on any atom is -0.490 e. The Hall–Kier alpha value is -2.89. The zero-order chi connectivity index (χ0) is 16.4. The topological polar surface area (TPSA) is 67.4 Å². The van der Waals surface area contributed by atoms with Gasteiger partial charge in [0.1, 0.15) is 18.2 Å². The normalized spacial score (nSPS) is 20.1. The van der Waals surface area contributed by atoms with Gasteiger partial charge in [-0.25, -0.2) is 9.18 Å². The van der Waals surface area contributed by atoms with Gasteiger partial charge >= 0.3 is 6.03 Å². The van der Waals surface area contributed by atoms with E-state index in [0.717, 1.165) is 5.56 Å². The highest BCUT2D eigenvalue weighted by atomic mass is 19.1. The maximum Gasteiger partial charge on any atom is 0.322 e. The second-order valence-electron chi connectivity index (χ2n) is 5.54.